The van der Waals surface area contributed by atoms with Gasteiger partial charge in [0, 0.05) is 0 Å². The first-order valence-electron chi connectivity index (χ1n) is 9.28. The van der Waals surface area contributed by atoms with Crippen LogP contribution in [0.15, 0.2) is 84.9 Å². The molecular formula is C22H20NO6P. The maximum atomic E-state index is 13.6. The number of fused-ring (bicyclic) bond motifs is 1. The fourth-order valence-corrected chi connectivity index (χ4v) is 4.51. The molecule has 1 aliphatic rings. The van der Waals surface area contributed by atoms with Crippen molar-refractivity contribution in [3.63, 3.8) is 0 Å². The molecule has 8 heteroatoms. The van der Waals surface area contributed by atoms with Crippen molar-refractivity contribution in [1.82, 2.24) is 4.90 Å². The van der Waals surface area contributed by atoms with E-state index >= 15 is 0 Å². The van der Waals surface area contributed by atoms with Gasteiger partial charge >= 0.3 is 7.60 Å². The summed E-state index contributed by atoms with van der Waals surface area (Å²) in [7, 11) is -4.87. The van der Waals surface area contributed by atoms with E-state index in [1.807, 2.05) is 48.5 Å². The third-order valence-electron chi connectivity index (χ3n) is 4.86. The minimum atomic E-state index is -4.87. The van der Waals surface area contributed by atoms with E-state index in [1.165, 1.54) is 11.2 Å². The topological polar surface area (TPSA) is 96.3 Å². The Morgan fingerprint density at radius 1 is 1.00 bits per heavy atom. The van der Waals surface area contributed by atoms with E-state index in [0.717, 1.165) is 10.9 Å². The van der Waals surface area contributed by atoms with Crippen molar-refractivity contribution in [1.29, 1.82) is 0 Å². The van der Waals surface area contributed by atoms with Gasteiger partial charge in [0.15, 0.2) is 5.66 Å². The van der Waals surface area contributed by atoms with Crippen molar-refractivity contribution >= 4 is 24.3 Å². The molecule has 3 aromatic carbocycles. The van der Waals surface area contributed by atoms with Crippen LogP contribution >= 0.6 is 7.60 Å². The van der Waals surface area contributed by atoms with Crippen molar-refractivity contribution in [2.75, 3.05) is 6.79 Å². The molecule has 0 bridgehead atoms. The van der Waals surface area contributed by atoms with Crippen LogP contribution in [0.2, 0.25) is 0 Å². The smallest absolute Gasteiger partial charge is 0.342 e. The number of benzene rings is 3. The molecule has 0 fully saturated rings. The lowest BCUT2D eigenvalue weighted by Gasteiger charge is -2.28. The third kappa shape index (κ3) is 4.09. The first-order chi connectivity index (χ1) is 14.4. The second kappa shape index (κ2) is 8.32. The van der Waals surface area contributed by atoms with E-state index in [1.54, 1.807) is 24.3 Å². The summed E-state index contributed by atoms with van der Waals surface area (Å²) >= 11 is 0. The highest BCUT2D eigenvalue weighted by molar-refractivity contribution is 7.53. The molecule has 154 valence electrons. The molecule has 1 amide bonds. The van der Waals surface area contributed by atoms with Crippen LogP contribution in [0, 0.1) is 0 Å². The number of hydrogen-bond donors (Lipinski definition) is 2. The van der Waals surface area contributed by atoms with Crippen molar-refractivity contribution in [2.24, 2.45) is 0 Å². The van der Waals surface area contributed by atoms with Gasteiger partial charge in [-0.05, 0) is 21.9 Å². The van der Waals surface area contributed by atoms with Gasteiger partial charge < -0.3 is 19.3 Å². The standard InChI is InChI=1S/C22H20NO6P/c24-22(23(20-14-28-15-29-20)13-16-7-2-1-3-8-16)21(30(25,26)27)19-12-6-10-17-9-4-5-11-18(17)19/h1-12,14,21H,13,15H2,(H2,25,26,27). The fraction of sp³-hybridized carbons (Fsp3) is 0.136. The zero-order chi connectivity index (χ0) is 21.1. The molecule has 4 rings (SSSR count). The molecule has 0 radical (unpaired) electrons. The maximum Gasteiger partial charge on any atom is 0.342 e. The number of amides is 1. The molecule has 0 spiro atoms. The zero-order valence-corrected chi connectivity index (χ0v) is 16.8. The summed E-state index contributed by atoms with van der Waals surface area (Å²) in [5.41, 5.74) is -0.633. The van der Waals surface area contributed by atoms with Crippen molar-refractivity contribution in [2.45, 2.75) is 12.2 Å². The van der Waals surface area contributed by atoms with Crippen molar-refractivity contribution in [3.05, 3.63) is 96.1 Å². The van der Waals surface area contributed by atoms with Gasteiger partial charge in [0.1, 0.15) is 6.26 Å². The minimum Gasteiger partial charge on any atom is -0.459 e. The Labute approximate surface area is 173 Å². The van der Waals surface area contributed by atoms with Crippen LogP contribution < -0.4 is 0 Å². The first kappa shape index (κ1) is 20.2. The van der Waals surface area contributed by atoms with E-state index in [4.69, 9.17) is 9.47 Å². The summed E-state index contributed by atoms with van der Waals surface area (Å²) in [5.74, 6) is -0.650. The van der Waals surface area contributed by atoms with Crippen LogP contribution in [0.4, 0.5) is 0 Å². The van der Waals surface area contributed by atoms with Gasteiger partial charge in [-0.25, -0.2) is 0 Å². The number of nitrogens with zero attached hydrogens (tertiary/aromatic N) is 1. The summed E-state index contributed by atoms with van der Waals surface area (Å²) in [5, 5.41) is 1.40. The Morgan fingerprint density at radius 3 is 2.40 bits per heavy atom. The molecule has 1 atom stereocenters. The number of ether oxygens (including phenoxy) is 2. The van der Waals surface area contributed by atoms with E-state index < -0.39 is 19.2 Å². The molecule has 3 aromatic rings. The number of rotatable bonds is 6. The van der Waals surface area contributed by atoms with E-state index in [0.29, 0.717) is 5.39 Å². The molecule has 1 unspecified atom stereocenters. The van der Waals surface area contributed by atoms with Crippen molar-refractivity contribution < 1.29 is 28.6 Å². The Balaban J connectivity index is 1.80. The average Bonchev–Trinajstić information content (AvgIpc) is 3.26. The van der Waals surface area contributed by atoms with Crippen LogP contribution in [-0.4, -0.2) is 27.4 Å². The molecule has 0 aromatic heterocycles. The van der Waals surface area contributed by atoms with Gasteiger partial charge in [-0.1, -0.05) is 72.8 Å². The predicted octanol–water partition coefficient (Wildman–Crippen LogP) is 3.89. The average molecular weight is 425 g/mol. The SMILES string of the molecule is O=C(C(c1cccc2ccccc12)P(=O)(O)O)N(Cc1ccccc1)C1=COCO1. The largest absolute Gasteiger partial charge is 0.459 e. The van der Waals surface area contributed by atoms with Gasteiger partial charge in [0.05, 0.1) is 6.54 Å². The number of hydrogen-bond acceptors (Lipinski definition) is 4. The highest BCUT2D eigenvalue weighted by Gasteiger charge is 2.42. The second-order valence-corrected chi connectivity index (χ2v) is 8.55. The second-order valence-electron chi connectivity index (χ2n) is 6.85. The molecule has 30 heavy (non-hydrogen) atoms. The van der Waals surface area contributed by atoms with Crippen molar-refractivity contribution in [3.8, 4) is 0 Å². The van der Waals surface area contributed by atoms with Crippen LogP contribution in [0.1, 0.15) is 16.8 Å². The van der Waals surface area contributed by atoms with E-state index in [9.17, 15) is 19.1 Å². The zero-order valence-electron chi connectivity index (χ0n) is 15.9. The molecular weight excluding hydrogens is 405 g/mol. The lowest BCUT2D eigenvalue weighted by atomic mass is 10.0. The van der Waals surface area contributed by atoms with Gasteiger partial charge in [-0.15, -0.1) is 0 Å². The lowest BCUT2D eigenvalue weighted by molar-refractivity contribution is -0.132. The van der Waals surface area contributed by atoms with Crippen LogP contribution in [-0.2, 0) is 25.4 Å². The quantitative estimate of drug-likeness (QED) is 0.582. The fourth-order valence-electron chi connectivity index (χ4n) is 3.50. The van der Waals surface area contributed by atoms with Gasteiger partial charge in [-0.3, -0.25) is 14.3 Å². The van der Waals surface area contributed by atoms with E-state index in [2.05, 4.69) is 0 Å². The molecule has 7 nitrogen and oxygen atoms in total. The van der Waals surface area contributed by atoms with Crippen LogP contribution in [0.5, 0.6) is 0 Å². The molecule has 1 aliphatic heterocycles. The van der Waals surface area contributed by atoms with E-state index in [-0.39, 0.29) is 24.8 Å². The normalized spacial score (nSPS) is 14.5. The minimum absolute atomic E-state index is 0.0667. The summed E-state index contributed by atoms with van der Waals surface area (Å²) < 4.78 is 23.0. The molecule has 1 heterocycles. The van der Waals surface area contributed by atoms with Gasteiger partial charge in [0.25, 0.3) is 0 Å². The molecule has 2 N–H and O–H groups in total. The third-order valence-corrected chi connectivity index (χ3v) is 6.03. The molecule has 0 saturated heterocycles. The predicted molar refractivity (Wildman–Crippen MR) is 111 cm³/mol. The Morgan fingerprint density at radius 2 is 1.70 bits per heavy atom. The number of carbonyl (C=O) groups excluding carboxylic acids is 1. The molecule has 0 saturated carbocycles. The highest BCUT2D eigenvalue weighted by Crippen LogP contribution is 2.54. The Kier molecular flexibility index (Phi) is 5.59. The van der Waals surface area contributed by atoms with Crippen LogP contribution in [0.3, 0.4) is 0 Å². The maximum absolute atomic E-state index is 13.6. The van der Waals surface area contributed by atoms with Gasteiger partial charge in [0.2, 0.25) is 18.6 Å². The summed E-state index contributed by atoms with van der Waals surface area (Å²) in [6.07, 6.45) is 1.28. The Hall–Kier alpha value is -3.12. The molecule has 0 aliphatic carbocycles. The Bertz CT molecular complexity index is 1140. The number of carbonyl (C=O) groups is 1. The monoisotopic (exact) mass is 425 g/mol. The van der Waals surface area contributed by atoms with Gasteiger partial charge in [-0.2, -0.15) is 0 Å². The highest BCUT2D eigenvalue weighted by atomic mass is 31.2. The van der Waals surface area contributed by atoms with Crippen LogP contribution in [0.25, 0.3) is 10.8 Å². The summed E-state index contributed by atoms with van der Waals surface area (Å²) in [6, 6.07) is 21.4. The lowest BCUT2D eigenvalue weighted by Crippen LogP contribution is -2.34. The first-order valence-corrected chi connectivity index (χ1v) is 11.0. The summed E-state index contributed by atoms with van der Waals surface area (Å²) in [6.45, 7) is 0.0128. The summed E-state index contributed by atoms with van der Waals surface area (Å²) in [4.78, 5) is 35.2.